The summed E-state index contributed by atoms with van der Waals surface area (Å²) in [4.78, 5) is 64.7. The van der Waals surface area contributed by atoms with Crippen molar-refractivity contribution in [3.63, 3.8) is 0 Å². The molecule has 204 valence electrons. The van der Waals surface area contributed by atoms with Crippen LogP contribution in [0.3, 0.4) is 0 Å². The Morgan fingerprint density at radius 3 is 2.49 bits per heavy atom. The fraction of sp³-hybridized carbons (Fsp3) is 0.200. The molecule has 5 amide bonds. The number of aromatic nitrogens is 1. The first-order valence-electron chi connectivity index (χ1n) is 11.5. The Morgan fingerprint density at radius 2 is 1.77 bits per heavy atom. The zero-order valence-electron chi connectivity index (χ0n) is 20.7. The smallest absolute Gasteiger partial charge is 0.321 e. The van der Waals surface area contributed by atoms with Crippen molar-refractivity contribution in [3.8, 4) is 5.75 Å². The van der Waals surface area contributed by atoms with E-state index in [1.807, 2.05) is 30.3 Å². The van der Waals surface area contributed by atoms with Crippen molar-refractivity contribution in [1.82, 2.24) is 20.9 Å². The molecule has 0 aliphatic rings. The molecule has 2 aromatic carbocycles. The van der Waals surface area contributed by atoms with Crippen LogP contribution in [0.25, 0.3) is 0 Å². The lowest BCUT2D eigenvalue weighted by Crippen LogP contribution is -2.48. The summed E-state index contributed by atoms with van der Waals surface area (Å²) in [6, 6.07) is 13.8. The minimum atomic E-state index is -1.40. The minimum absolute atomic E-state index is 0.0380. The molecule has 13 nitrogen and oxygen atoms in total. The summed E-state index contributed by atoms with van der Waals surface area (Å²) in [7, 11) is 1.45. The molecule has 14 heteroatoms. The average Bonchev–Trinajstić information content (AvgIpc) is 3.39. The summed E-state index contributed by atoms with van der Waals surface area (Å²) in [5, 5.41) is 23.1. The number of urea groups is 1. The number of nitrogens with zero attached hydrogens (tertiary/aromatic N) is 1. The van der Waals surface area contributed by atoms with Gasteiger partial charge < -0.3 is 31.1 Å². The van der Waals surface area contributed by atoms with Crippen LogP contribution in [0.4, 0.5) is 15.6 Å². The van der Waals surface area contributed by atoms with Gasteiger partial charge in [-0.3, -0.25) is 24.5 Å². The van der Waals surface area contributed by atoms with Crippen LogP contribution in [0.15, 0.2) is 60.0 Å². The maximum atomic E-state index is 12.6. The highest BCUT2D eigenvalue weighted by Gasteiger charge is 2.24. The molecule has 3 rings (SSSR count). The van der Waals surface area contributed by atoms with Gasteiger partial charge in [0.25, 0.3) is 5.91 Å². The molecule has 39 heavy (non-hydrogen) atoms. The van der Waals surface area contributed by atoms with Crippen LogP contribution in [0.2, 0.25) is 0 Å². The first-order valence-corrected chi connectivity index (χ1v) is 12.4. The fourth-order valence-electron chi connectivity index (χ4n) is 3.17. The number of rotatable bonds is 12. The molecule has 6 N–H and O–H groups in total. The number of anilines is 2. The Balaban J connectivity index is 1.48. The van der Waals surface area contributed by atoms with Crippen molar-refractivity contribution >= 4 is 51.9 Å². The van der Waals surface area contributed by atoms with Gasteiger partial charge in [0, 0.05) is 23.7 Å². The summed E-state index contributed by atoms with van der Waals surface area (Å²) in [5.41, 5.74) is 1.22. The predicted octanol–water partition coefficient (Wildman–Crippen LogP) is 1.80. The summed E-state index contributed by atoms with van der Waals surface area (Å²) in [6.45, 7) is -0.236. The first kappa shape index (κ1) is 28.6. The lowest BCUT2D eigenvalue weighted by molar-refractivity contribution is -0.139. The highest BCUT2D eigenvalue weighted by molar-refractivity contribution is 7.14. The number of carboxylic acids is 1. The number of carboxylic acid groups (broad SMARTS) is 1. The molecule has 0 aliphatic carbocycles. The number of methoxy groups -OCH3 is 1. The van der Waals surface area contributed by atoms with Gasteiger partial charge >= 0.3 is 12.0 Å². The van der Waals surface area contributed by atoms with Crippen LogP contribution in [0, 0.1) is 0 Å². The van der Waals surface area contributed by atoms with Gasteiger partial charge in [-0.15, -0.1) is 11.3 Å². The number of hydrogen-bond donors (Lipinski definition) is 6. The van der Waals surface area contributed by atoms with Crippen molar-refractivity contribution in [1.29, 1.82) is 0 Å². The summed E-state index contributed by atoms with van der Waals surface area (Å²) < 4.78 is 5.08. The molecule has 0 aliphatic heterocycles. The summed E-state index contributed by atoms with van der Waals surface area (Å²) in [6.07, 6.45) is -0.678. The van der Waals surface area contributed by atoms with Gasteiger partial charge in [-0.1, -0.05) is 36.4 Å². The largest absolute Gasteiger partial charge is 0.497 e. The third kappa shape index (κ3) is 9.44. The highest BCUT2D eigenvalue weighted by atomic mass is 32.1. The van der Waals surface area contributed by atoms with Gasteiger partial charge in [-0.2, -0.15) is 0 Å². The minimum Gasteiger partial charge on any atom is -0.497 e. The number of carbonyl (C=O) groups excluding carboxylic acids is 4. The zero-order valence-corrected chi connectivity index (χ0v) is 21.5. The van der Waals surface area contributed by atoms with E-state index in [9.17, 15) is 24.0 Å². The second-order valence-electron chi connectivity index (χ2n) is 7.95. The van der Waals surface area contributed by atoms with E-state index in [2.05, 4.69) is 31.6 Å². The van der Waals surface area contributed by atoms with E-state index in [1.54, 1.807) is 18.2 Å². The Bertz CT molecular complexity index is 1330. The van der Waals surface area contributed by atoms with E-state index in [0.717, 1.165) is 16.9 Å². The van der Waals surface area contributed by atoms with Gasteiger partial charge in [-0.05, 0) is 17.7 Å². The van der Waals surface area contributed by atoms with E-state index in [1.165, 1.54) is 18.6 Å². The molecule has 1 heterocycles. The third-order valence-corrected chi connectivity index (χ3v) is 5.79. The number of hydrogen-bond acceptors (Lipinski definition) is 8. The van der Waals surface area contributed by atoms with Gasteiger partial charge in [-0.25, -0.2) is 9.78 Å². The number of amides is 5. The van der Waals surface area contributed by atoms with E-state index in [-0.39, 0.29) is 10.8 Å². The van der Waals surface area contributed by atoms with Crippen LogP contribution >= 0.6 is 11.3 Å². The number of ether oxygens (including phenoxy) is 1. The maximum Gasteiger partial charge on any atom is 0.321 e. The standard InChI is InChI=1S/C25H26N6O7S/c1-38-17-9-5-8-16(10-17)28-23(36)18(11-21(33)34)29-20(32)13-26-22(35)19-14-39-25(30-19)31-24(37)27-12-15-6-3-2-4-7-15/h2-10,14,18H,11-13H2,1H3,(H,26,35)(H,28,36)(H,29,32)(H,33,34)(H2,27,30,31,37)/t18-/m0/s1. The lowest BCUT2D eigenvalue weighted by Gasteiger charge is -2.17. The molecule has 0 bridgehead atoms. The van der Waals surface area contributed by atoms with Crippen LogP contribution < -0.4 is 31.3 Å². The highest BCUT2D eigenvalue weighted by Crippen LogP contribution is 2.17. The van der Waals surface area contributed by atoms with Crippen molar-refractivity contribution in [3.05, 3.63) is 71.2 Å². The Labute approximate surface area is 227 Å². The van der Waals surface area contributed by atoms with Crippen LogP contribution in [0.1, 0.15) is 22.5 Å². The van der Waals surface area contributed by atoms with Crippen molar-refractivity contribution in [2.75, 3.05) is 24.3 Å². The second kappa shape index (κ2) is 14.1. The monoisotopic (exact) mass is 554 g/mol. The van der Waals surface area contributed by atoms with Crippen LogP contribution in [-0.4, -0.2) is 59.5 Å². The quantitative estimate of drug-likeness (QED) is 0.195. The molecule has 3 aromatic rings. The Morgan fingerprint density at radius 1 is 1.00 bits per heavy atom. The molecule has 0 radical (unpaired) electrons. The average molecular weight is 555 g/mol. The van der Waals surface area contributed by atoms with E-state index in [4.69, 9.17) is 9.84 Å². The van der Waals surface area contributed by atoms with Gasteiger partial charge in [0.1, 0.15) is 17.5 Å². The summed E-state index contributed by atoms with van der Waals surface area (Å²) in [5.74, 6) is -3.08. The normalized spacial score (nSPS) is 11.0. The molecule has 0 unspecified atom stereocenters. The molecule has 0 fully saturated rings. The number of nitrogens with one attached hydrogen (secondary N) is 5. The number of carbonyl (C=O) groups is 5. The van der Waals surface area contributed by atoms with Crippen LogP contribution in [0.5, 0.6) is 5.75 Å². The summed E-state index contributed by atoms with van der Waals surface area (Å²) >= 11 is 1.02. The maximum absolute atomic E-state index is 12.6. The van der Waals surface area contributed by atoms with E-state index in [0.29, 0.717) is 18.0 Å². The predicted molar refractivity (Wildman–Crippen MR) is 143 cm³/mol. The molecule has 0 saturated heterocycles. The number of benzene rings is 2. The fourth-order valence-corrected chi connectivity index (χ4v) is 3.85. The van der Waals surface area contributed by atoms with Crippen molar-refractivity contribution in [2.24, 2.45) is 0 Å². The van der Waals surface area contributed by atoms with E-state index < -0.39 is 48.7 Å². The van der Waals surface area contributed by atoms with Crippen molar-refractivity contribution < 1.29 is 33.8 Å². The SMILES string of the molecule is COc1cccc(NC(=O)[C@H](CC(=O)O)NC(=O)CNC(=O)c2csc(NC(=O)NCc3ccccc3)n2)c1. The number of thiazole rings is 1. The Kier molecular flexibility index (Phi) is 10.3. The zero-order chi connectivity index (χ0) is 28.2. The second-order valence-corrected chi connectivity index (χ2v) is 8.81. The molecular formula is C25H26N6O7S. The molecular weight excluding hydrogens is 528 g/mol. The molecule has 0 spiro atoms. The van der Waals surface area contributed by atoms with E-state index >= 15 is 0 Å². The van der Waals surface area contributed by atoms with Crippen LogP contribution in [-0.2, 0) is 20.9 Å². The van der Waals surface area contributed by atoms with Gasteiger partial charge in [0.05, 0.1) is 20.1 Å². The first-order chi connectivity index (χ1) is 18.7. The molecule has 1 atom stereocenters. The topological polar surface area (TPSA) is 188 Å². The number of aliphatic carboxylic acids is 1. The Hall–Kier alpha value is -4.98. The molecule has 1 aromatic heterocycles. The molecule has 0 saturated carbocycles. The lowest BCUT2D eigenvalue weighted by atomic mass is 10.1. The van der Waals surface area contributed by atoms with Gasteiger partial charge in [0.2, 0.25) is 11.8 Å². The van der Waals surface area contributed by atoms with Gasteiger partial charge in [0.15, 0.2) is 5.13 Å². The van der Waals surface area contributed by atoms with Crippen molar-refractivity contribution in [2.45, 2.75) is 19.0 Å². The third-order valence-electron chi connectivity index (χ3n) is 5.03.